The number of ether oxygens (including phenoxy) is 1. The molecule has 1 heterocycles. The van der Waals surface area contributed by atoms with E-state index in [1.165, 1.54) is 25.1 Å². The van der Waals surface area contributed by atoms with Gasteiger partial charge in [-0.25, -0.2) is 8.42 Å². The van der Waals surface area contributed by atoms with Gasteiger partial charge in [-0.1, -0.05) is 15.9 Å². The van der Waals surface area contributed by atoms with Gasteiger partial charge in [0.15, 0.2) is 0 Å². The Morgan fingerprint density at radius 1 is 1.41 bits per heavy atom. The molecule has 0 radical (unpaired) electrons. The van der Waals surface area contributed by atoms with Crippen molar-refractivity contribution in [2.75, 3.05) is 11.6 Å². The number of nitrogens with zero attached hydrogens (tertiary/aromatic N) is 4. The first-order valence-electron chi connectivity index (χ1n) is 7.56. The Morgan fingerprint density at radius 2 is 2.07 bits per heavy atom. The zero-order valence-corrected chi connectivity index (χ0v) is 17.2. The molecule has 29 heavy (non-hydrogen) atoms. The summed E-state index contributed by atoms with van der Waals surface area (Å²) in [4.78, 5) is 28.9. The molecule has 1 aromatic carbocycles. The van der Waals surface area contributed by atoms with Gasteiger partial charge in [-0.2, -0.15) is 15.2 Å². The maximum absolute atomic E-state index is 11.9. The number of carbonyl (C=O) groups is 1. The highest BCUT2D eigenvalue weighted by Crippen LogP contribution is 2.37. The van der Waals surface area contributed by atoms with E-state index in [9.17, 15) is 23.3 Å². The van der Waals surface area contributed by atoms with Crippen molar-refractivity contribution in [2.24, 2.45) is 0 Å². The summed E-state index contributed by atoms with van der Waals surface area (Å²) < 4.78 is 29.6. The van der Waals surface area contributed by atoms with Crippen LogP contribution in [0.5, 0.6) is 11.6 Å². The van der Waals surface area contributed by atoms with Crippen LogP contribution in [0.15, 0.2) is 27.8 Å². The number of benzene rings is 1. The molecule has 1 atom stereocenters. The lowest BCUT2D eigenvalue weighted by Crippen LogP contribution is -2.27. The molecule has 1 aromatic heterocycles. The molecule has 0 aliphatic carbocycles. The Hall–Kier alpha value is -3.31. The molecule has 0 aliphatic rings. The van der Waals surface area contributed by atoms with Crippen LogP contribution in [0.3, 0.4) is 0 Å². The summed E-state index contributed by atoms with van der Waals surface area (Å²) in [5.74, 6) is -2.79. The standard InChI is InChI=1S/C15H12BrN5O7S/c1-7(14(22)23)18-12-11(21(24)25)13(20-15(19-12)29(2,26)27)28-10-4-8(6-17)3-9(16)5-10/h3-5,7H,1-2H3,(H,22,23)(H,18,19,20). The van der Waals surface area contributed by atoms with Crippen molar-refractivity contribution in [3.8, 4) is 17.7 Å². The summed E-state index contributed by atoms with van der Waals surface area (Å²) in [6.45, 7) is 1.18. The highest BCUT2D eigenvalue weighted by atomic mass is 79.9. The minimum atomic E-state index is -4.03. The van der Waals surface area contributed by atoms with Crippen LogP contribution >= 0.6 is 15.9 Å². The van der Waals surface area contributed by atoms with E-state index in [0.29, 0.717) is 4.47 Å². The van der Waals surface area contributed by atoms with Gasteiger partial charge in [0, 0.05) is 10.7 Å². The van der Waals surface area contributed by atoms with Crippen LogP contribution in [0.4, 0.5) is 11.5 Å². The normalized spacial score (nSPS) is 11.9. The fourth-order valence-electron chi connectivity index (χ4n) is 1.98. The van der Waals surface area contributed by atoms with Crippen LogP contribution in [0.2, 0.25) is 0 Å². The van der Waals surface area contributed by atoms with Gasteiger partial charge >= 0.3 is 17.5 Å². The second-order valence-corrected chi connectivity index (χ2v) is 8.46. The largest absolute Gasteiger partial charge is 0.480 e. The third-order valence-corrected chi connectivity index (χ3v) is 4.59. The number of aliphatic carboxylic acids is 1. The SMILES string of the molecule is CC(Nc1nc(S(C)(=O)=O)nc(Oc2cc(Br)cc(C#N)c2)c1[N+](=O)[O-])C(=O)O. The maximum atomic E-state index is 11.9. The Morgan fingerprint density at radius 3 is 2.59 bits per heavy atom. The highest BCUT2D eigenvalue weighted by molar-refractivity contribution is 9.10. The Bertz CT molecular complexity index is 1150. The number of nitriles is 1. The Labute approximate surface area is 172 Å². The number of anilines is 1. The van der Waals surface area contributed by atoms with Gasteiger partial charge in [0.25, 0.3) is 5.16 Å². The Kier molecular flexibility index (Phi) is 6.34. The molecule has 0 aliphatic heterocycles. The maximum Gasteiger partial charge on any atom is 0.373 e. The molecule has 0 bridgehead atoms. The summed E-state index contributed by atoms with van der Waals surface area (Å²) in [5.41, 5.74) is -0.712. The van der Waals surface area contributed by atoms with Gasteiger partial charge in [-0.05, 0) is 25.1 Å². The molecule has 0 saturated heterocycles. The van der Waals surface area contributed by atoms with Crippen molar-refractivity contribution >= 4 is 43.2 Å². The first-order chi connectivity index (χ1) is 13.4. The van der Waals surface area contributed by atoms with Crippen molar-refractivity contribution in [1.29, 1.82) is 5.26 Å². The Balaban J connectivity index is 2.71. The van der Waals surface area contributed by atoms with Gasteiger partial charge in [-0.15, -0.1) is 0 Å². The predicted molar refractivity (Wildman–Crippen MR) is 101 cm³/mol. The van der Waals surface area contributed by atoms with Gasteiger partial charge in [0.05, 0.1) is 16.6 Å². The molecule has 14 heteroatoms. The average molecular weight is 486 g/mol. The van der Waals surface area contributed by atoms with E-state index >= 15 is 0 Å². The van der Waals surface area contributed by atoms with E-state index in [4.69, 9.17) is 15.1 Å². The summed E-state index contributed by atoms with van der Waals surface area (Å²) in [5, 5.41) is 31.1. The second-order valence-electron chi connectivity index (χ2n) is 5.63. The predicted octanol–water partition coefficient (Wildman–Crippen LogP) is 2.10. The first-order valence-corrected chi connectivity index (χ1v) is 10.2. The number of carboxylic acids is 1. The van der Waals surface area contributed by atoms with Gasteiger partial charge in [0.2, 0.25) is 15.7 Å². The van der Waals surface area contributed by atoms with E-state index in [0.717, 1.165) is 6.26 Å². The van der Waals surface area contributed by atoms with E-state index in [1.54, 1.807) is 0 Å². The number of nitro groups is 1. The lowest BCUT2D eigenvalue weighted by Gasteiger charge is -2.13. The van der Waals surface area contributed by atoms with Crippen molar-refractivity contribution in [3.63, 3.8) is 0 Å². The molecule has 0 amide bonds. The van der Waals surface area contributed by atoms with E-state index in [-0.39, 0.29) is 11.3 Å². The third kappa shape index (κ3) is 5.36. The molecule has 2 aromatic rings. The number of hydrogen-bond acceptors (Lipinski definition) is 10. The third-order valence-electron chi connectivity index (χ3n) is 3.28. The minimum absolute atomic E-state index is 0.0468. The molecule has 2 N–H and O–H groups in total. The molecular formula is C15H12BrN5O7S. The summed E-state index contributed by atoms with van der Waals surface area (Å²) in [7, 11) is -4.03. The van der Waals surface area contributed by atoms with Crippen LogP contribution in [-0.4, -0.2) is 46.7 Å². The molecule has 2 rings (SSSR count). The number of rotatable bonds is 7. The van der Waals surface area contributed by atoms with E-state index in [2.05, 4.69) is 31.2 Å². The van der Waals surface area contributed by atoms with Crippen molar-refractivity contribution in [3.05, 3.63) is 38.3 Å². The molecule has 0 spiro atoms. The molecule has 0 saturated carbocycles. The van der Waals surface area contributed by atoms with Crippen LogP contribution in [-0.2, 0) is 14.6 Å². The topological polar surface area (TPSA) is 185 Å². The van der Waals surface area contributed by atoms with Gasteiger partial charge < -0.3 is 15.2 Å². The summed E-state index contributed by atoms with van der Waals surface area (Å²) >= 11 is 3.15. The summed E-state index contributed by atoms with van der Waals surface area (Å²) in [6, 6.07) is 4.62. The van der Waals surface area contributed by atoms with Gasteiger partial charge in [0.1, 0.15) is 11.8 Å². The van der Waals surface area contributed by atoms with Crippen LogP contribution in [0.25, 0.3) is 0 Å². The number of carboxylic acid groups (broad SMARTS) is 1. The zero-order valence-electron chi connectivity index (χ0n) is 14.8. The molecular weight excluding hydrogens is 474 g/mol. The zero-order chi connectivity index (χ0) is 21.9. The van der Waals surface area contributed by atoms with Crippen molar-refractivity contribution < 1.29 is 28.0 Å². The monoisotopic (exact) mass is 485 g/mol. The number of sulfone groups is 1. The minimum Gasteiger partial charge on any atom is -0.480 e. The lowest BCUT2D eigenvalue weighted by atomic mass is 10.2. The lowest BCUT2D eigenvalue weighted by molar-refractivity contribution is -0.385. The van der Waals surface area contributed by atoms with E-state index < -0.39 is 49.3 Å². The molecule has 0 fully saturated rings. The van der Waals surface area contributed by atoms with Gasteiger partial charge in [-0.3, -0.25) is 14.9 Å². The fourth-order valence-corrected chi connectivity index (χ4v) is 2.96. The number of aromatic nitrogens is 2. The molecule has 152 valence electrons. The average Bonchev–Trinajstić information content (AvgIpc) is 2.59. The number of halogens is 1. The fraction of sp³-hybridized carbons (Fsp3) is 0.200. The number of hydrogen-bond donors (Lipinski definition) is 2. The van der Waals surface area contributed by atoms with Crippen LogP contribution in [0, 0.1) is 21.4 Å². The second kappa shape index (κ2) is 8.37. The van der Waals surface area contributed by atoms with Crippen molar-refractivity contribution in [2.45, 2.75) is 18.1 Å². The molecule has 1 unspecified atom stereocenters. The number of nitrogens with one attached hydrogen (secondary N) is 1. The smallest absolute Gasteiger partial charge is 0.373 e. The highest BCUT2D eigenvalue weighted by Gasteiger charge is 2.31. The summed E-state index contributed by atoms with van der Waals surface area (Å²) in [6.07, 6.45) is 0.773. The molecule has 12 nitrogen and oxygen atoms in total. The van der Waals surface area contributed by atoms with Crippen LogP contribution in [0.1, 0.15) is 12.5 Å². The first kappa shape index (κ1) is 22.0. The quantitative estimate of drug-likeness (QED) is 0.332. The van der Waals surface area contributed by atoms with Crippen LogP contribution < -0.4 is 10.1 Å². The van der Waals surface area contributed by atoms with Crippen molar-refractivity contribution in [1.82, 2.24) is 9.97 Å². The van der Waals surface area contributed by atoms with E-state index in [1.807, 2.05) is 6.07 Å².